The van der Waals surface area contributed by atoms with Crippen molar-refractivity contribution in [1.29, 1.82) is 0 Å². The Bertz CT molecular complexity index is 192. The summed E-state index contributed by atoms with van der Waals surface area (Å²) in [6.07, 6.45) is 1.96. The van der Waals surface area contributed by atoms with Crippen molar-refractivity contribution in [1.82, 2.24) is 10.6 Å². The van der Waals surface area contributed by atoms with Crippen LogP contribution < -0.4 is 10.6 Å². The van der Waals surface area contributed by atoms with Gasteiger partial charge in [0.05, 0.1) is 0 Å². The van der Waals surface area contributed by atoms with Crippen LogP contribution in [0.1, 0.15) is 12.8 Å². The molecule has 0 spiro atoms. The number of nitrogens with one attached hydrogen (secondary N) is 2. The molecule has 2 N–H and O–H groups in total. The molecule has 1 rings (SSSR count). The molecule has 68 valence electrons. The van der Waals surface area contributed by atoms with Crippen molar-refractivity contribution in [2.24, 2.45) is 0 Å². The first-order chi connectivity index (χ1) is 5.74. The van der Waals surface area contributed by atoms with E-state index in [2.05, 4.69) is 10.6 Å². The predicted molar refractivity (Wildman–Crippen MR) is 44.9 cm³/mol. The van der Waals surface area contributed by atoms with Crippen LogP contribution in [0, 0.1) is 0 Å². The van der Waals surface area contributed by atoms with E-state index in [1.54, 1.807) is 0 Å². The molecule has 0 unspecified atom stereocenters. The Hall–Kier alpha value is -0.770. The van der Waals surface area contributed by atoms with Gasteiger partial charge >= 0.3 is 11.8 Å². The first-order valence-electron chi connectivity index (χ1n) is 3.88. The molecule has 4 nitrogen and oxygen atoms in total. The molecule has 0 heterocycles. The standard InChI is InChI=1S/C7H11ClN2O2/c8-3-4-9-6(11)7(12)10-5-1-2-5/h5H,1-4H2,(H,9,11)(H,10,12). The first kappa shape index (κ1) is 9.32. The molecule has 0 saturated heterocycles. The van der Waals surface area contributed by atoms with Gasteiger partial charge in [0.2, 0.25) is 0 Å². The molecule has 0 aromatic rings. The summed E-state index contributed by atoms with van der Waals surface area (Å²) in [5.74, 6) is -0.826. The average molecular weight is 191 g/mol. The topological polar surface area (TPSA) is 58.2 Å². The zero-order chi connectivity index (χ0) is 8.97. The fraction of sp³-hybridized carbons (Fsp3) is 0.714. The number of alkyl halides is 1. The first-order valence-corrected chi connectivity index (χ1v) is 4.42. The maximum Gasteiger partial charge on any atom is 0.309 e. The number of carbonyl (C=O) groups excluding carboxylic acids is 2. The highest BCUT2D eigenvalue weighted by atomic mass is 35.5. The fourth-order valence-electron chi connectivity index (χ4n) is 0.720. The van der Waals surface area contributed by atoms with E-state index < -0.39 is 11.8 Å². The summed E-state index contributed by atoms with van der Waals surface area (Å²) in [6, 6.07) is 0.222. The normalized spacial score (nSPS) is 15.4. The second kappa shape index (κ2) is 4.30. The van der Waals surface area contributed by atoms with Crippen molar-refractivity contribution in [2.75, 3.05) is 12.4 Å². The van der Waals surface area contributed by atoms with E-state index in [1.807, 2.05) is 0 Å². The second-order valence-corrected chi connectivity index (χ2v) is 3.07. The number of rotatable bonds is 3. The Kier molecular flexibility index (Phi) is 3.34. The largest absolute Gasteiger partial charge is 0.347 e. The van der Waals surface area contributed by atoms with Crippen LogP contribution in [0.3, 0.4) is 0 Å². The van der Waals surface area contributed by atoms with Gasteiger partial charge in [-0.1, -0.05) is 0 Å². The molecule has 0 atom stereocenters. The summed E-state index contributed by atoms with van der Waals surface area (Å²) in [5.41, 5.74) is 0. The highest BCUT2D eigenvalue weighted by Crippen LogP contribution is 2.18. The summed E-state index contributed by atoms with van der Waals surface area (Å²) >= 11 is 5.32. The molecule has 0 aromatic carbocycles. The lowest BCUT2D eigenvalue weighted by Gasteiger charge is -2.02. The monoisotopic (exact) mass is 190 g/mol. The molecule has 1 aliphatic rings. The number of carbonyl (C=O) groups is 2. The molecule has 2 amide bonds. The number of halogens is 1. The van der Waals surface area contributed by atoms with Gasteiger partial charge in [-0.25, -0.2) is 0 Å². The van der Waals surface area contributed by atoms with E-state index in [4.69, 9.17) is 11.6 Å². The lowest BCUT2D eigenvalue weighted by molar-refractivity contribution is -0.139. The van der Waals surface area contributed by atoms with E-state index in [0.29, 0.717) is 12.4 Å². The predicted octanol–water partition coefficient (Wildman–Crippen LogP) is -0.380. The van der Waals surface area contributed by atoms with Crippen LogP contribution in [0.5, 0.6) is 0 Å². The van der Waals surface area contributed by atoms with Gasteiger partial charge in [0.15, 0.2) is 0 Å². The molecular formula is C7H11ClN2O2. The molecule has 0 aromatic heterocycles. The third-order valence-electron chi connectivity index (χ3n) is 1.50. The van der Waals surface area contributed by atoms with Gasteiger partial charge < -0.3 is 10.6 Å². The number of amides is 2. The van der Waals surface area contributed by atoms with Crippen LogP contribution >= 0.6 is 11.6 Å². The maximum atomic E-state index is 10.9. The van der Waals surface area contributed by atoms with Crippen LogP contribution in [0.2, 0.25) is 0 Å². The Labute approximate surface area is 75.6 Å². The highest BCUT2D eigenvalue weighted by Gasteiger charge is 2.25. The Balaban J connectivity index is 2.15. The van der Waals surface area contributed by atoms with Crippen molar-refractivity contribution < 1.29 is 9.59 Å². The quantitative estimate of drug-likeness (QED) is 0.471. The van der Waals surface area contributed by atoms with Gasteiger partial charge in [-0.3, -0.25) is 9.59 Å². The highest BCUT2D eigenvalue weighted by molar-refractivity contribution is 6.35. The smallest absolute Gasteiger partial charge is 0.309 e. The van der Waals surface area contributed by atoms with Gasteiger partial charge in [0, 0.05) is 18.5 Å². The fourth-order valence-corrected chi connectivity index (χ4v) is 0.814. The van der Waals surface area contributed by atoms with E-state index in [1.165, 1.54) is 0 Å². The van der Waals surface area contributed by atoms with E-state index in [-0.39, 0.29) is 6.04 Å². The average Bonchev–Trinajstić information content (AvgIpc) is 2.83. The van der Waals surface area contributed by atoms with Crippen molar-refractivity contribution >= 4 is 23.4 Å². The summed E-state index contributed by atoms with van der Waals surface area (Å²) in [5, 5.41) is 4.95. The summed E-state index contributed by atoms with van der Waals surface area (Å²) in [4.78, 5) is 21.8. The van der Waals surface area contributed by atoms with Crippen LogP contribution in [-0.4, -0.2) is 30.3 Å². The second-order valence-electron chi connectivity index (χ2n) is 2.69. The Morgan fingerprint density at radius 3 is 2.50 bits per heavy atom. The zero-order valence-corrected chi connectivity index (χ0v) is 7.36. The zero-order valence-electron chi connectivity index (χ0n) is 6.60. The SMILES string of the molecule is O=C(NCCCl)C(=O)NC1CC1. The Morgan fingerprint density at radius 1 is 1.33 bits per heavy atom. The molecule has 0 radical (unpaired) electrons. The van der Waals surface area contributed by atoms with Gasteiger partial charge in [-0.05, 0) is 12.8 Å². The minimum Gasteiger partial charge on any atom is -0.347 e. The van der Waals surface area contributed by atoms with Crippen molar-refractivity contribution in [3.05, 3.63) is 0 Å². The van der Waals surface area contributed by atoms with Crippen LogP contribution in [0.25, 0.3) is 0 Å². The van der Waals surface area contributed by atoms with Crippen LogP contribution in [-0.2, 0) is 9.59 Å². The molecule has 1 aliphatic carbocycles. The number of hydrogen-bond donors (Lipinski definition) is 2. The van der Waals surface area contributed by atoms with Gasteiger partial charge in [-0.15, -0.1) is 11.6 Å². The summed E-state index contributed by atoms with van der Waals surface area (Å²) < 4.78 is 0. The molecule has 1 fully saturated rings. The van der Waals surface area contributed by atoms with Gasteiger partial charge in [0.25, 0.3) is 0 Å². The molecule has 12 heavy (non-hydrogen) atoms. The lowest BCUT2D eigenvalue weighted by atomic mass is 10.5. The third-order valence-corrected chi connectivity index (χ3v) is 1.69. The molecule has 0 aliphatic heterocycles. The summed E-state index contributed by atoms with van der Waals surface area (Å²) in [7, 11) is 0. The molecular weight excluding hydrogens is 180 g/mol. The minimum absolute atomic E-state index is 0.222. The van der Waals surface area contributed by atoms with Crippen LogP contribution in [0.15, 0.2) is 0 Å². The minimum atomic E-state index is -0.595. The van der Waals surface area contributed by atoms with E-state index in [0.717, 1.165) is 12.8 Å². The van der Waals surface area contributed by atoms with Crippen molar-refractivity contribution in [3.8, 4) is 0 Å². The Morgan fingerprint density at radius 2 is 2.00 bits per heavy atom. The van der Waals surface area contributed by atoms with Crippen molar-refractivity contribution in [2.45, 2.75) is 18.9 Å². The number of hydrogen-bond acceptors (Lipinski definition) is 2. The molecule has 5 heteroatoms. The maximum absolute atomic E-state index is 10.9. The van der Waals surface area contributed by atoms with E-state index >= 15 is 0 Å². The van der Waals surface area contributed by atoms with Crippen LogP contribution in [0.4, 0.5) is 0 Å². The van der Waals surface area contributed by atoms with Gasteiger partial charge in [0.1, 0.15) is 0 Å². The third kappa shape index (κ3) is 3.09. The molecule has 0 bridgehead atoms. The van der Waals surface area contributed by atoms with Gasteiger partial charge in [-0.2, -0.15) is 0 Å². The van der Waals surface area contributed by atoms with E-state index in [9.17, 15) is 9.59 Å². The summed E-state index contributed by atoms with van der Waals surface area (Å²) in [6.45, 7) is 0.332. The lowest BCUT2D eigenvalue weighted by Crippen LogP contribution is -2.41. The van der Waals surface area contributed by atoms with Crippen molar-refractivity contribution in [3.63, 3.8) is 0 Å². The molecule has 1 saturated carbocycles.